The summed E-state index contributed by atoms with van der Waals surface area (Å²) in [5.74, 6) is 0. The minimum atomic E-state index is 0.0981. The molecule has 0 N–H and O–H groups in total. The second-order valence-electron chi connectivity index (χ2n) is 7.68. The van der Waals surface area contributed by atoms with E-state index < -0.39 is 0 Å². The molecule has 0 aliphatic heterocycles. The second kappa shape index (κ2) is 10.9. The zero-order valence-electron chi connectivity index (χ0n) is 19.4. The van der Waals surface area contributed by atoms with E-state index >= 15 is 0 Å². The Labute approximate surface area is 173 Å². The average molecular weight is 375 g/mol. The Morgan fingerprint density at radius 3 is 1.61 bits per heavy atom. The molecule has 3 aromatic rings. The lowest BCUT2D eigenvalue weighted by molar-refractivity contribution is 0.592. The number of aryl methyl sites for hydroxylation is 2. The highest BCUT2D eigenvalue weighted by Gasteiger charge is 2.19. The molecule has 0 aromatic heterocycles. The maximum absolute atomic E-state index is 2.37. The monoisotopic (exact) mass is 374 g/mol. The molecule has 0 fully saturated rings. The molecular weight excluding hydrogens is 336 g/mol. The van der Waals surface area contributed by atoms with Crippen molar-refractivity contribution in [2.45, 2.75) is 67.7 Å². The van der Waals surface area contributed by atoms with Crippen LogP contribution in [0.4, 0.5) is 0 Å². The maximum atomic E-state index is 2.37. The Morgan fingerprint density at radius 2 is 1.07 bits per heavy atom. The third-order valence-electron chi connectivity index (χ3n) is 4.75. The van der Waals surface area contributed by atoms with E-state index in [4.69, 9.17) is 0 Å². The average Bonchev–Trinajstić information content (AvgIpc) is 2.72. The summed E-state index contributed by atoms with van der Waals surface area (Å²) in [6.07, 6.45) is 0. The van der Waals surface area contributed by atoms with E-state index in [0.717, 1.165) is 0 Å². The minimum absolute atomic E-state index is 0.0981. The van der Waals surface area contributed by atoms with Crippen LogP contribution < -0.4 is 0 Å². The summed E-state index contributed by atoms with van der Waals surface area (Å²) in [6, 6.07) is 24.3. The predicted octanol–water partition coefficient (Wildman–Crippen LogP) is 8.99. The molecule has 0 heteroatoms. The SMILES string of the molecule is CC.CC.Cc1ccc(-c2ccc(-c3ccccc3)c(C(C)(C)C)c2)cc1C. The number of hydrogen-bond acceptors (Lipinski definition) is 0. The van der Waals surface area contributed by atoms with Gasteiger partial charge in [-0.15, -0.1) is 0 Å². The molecule has 28 heavy (non-hydrogen) atoms. The van der Waals surface area contributed by atoms with Gasteiger partial charge in [-0.05, 0) is 58.2 Å². The molecule has 0 heterocycles. The maximum Gasteiger partial charge on any atom is -0.0125 e. The minimum Gasteiger partial charge on any atom is -0.0683 e. The van der Waals surface area contributed by atoms with E-state index in [0.29, 0.717) is 0 Å². The first-order valence-electron chi connectivity index (χ1n) is 10.6. The molecule has 0 saturated carbocycles. The van der Waals surface area contributed by atoms with Gasteiger partial charge in [-0.2, -0.15) is 0 Å². The molecule has 0 saturated heterocycles. The summed E-state index contributed by atoms with van der Waals surface area (Å²) in [4.78, 5) is 0. The molecule has 0 radical (unpaired) electrons. The molecule has 0 atom stereocenters. The van der Waals surface area contributed by atoms with Gasteiger partial charge in [0.05, 0.1) is 0 Å². The van der Waals surface area contributed by atoms with Crippen LogP contribution in [0.3, 0.4) is 0 Å². The lowest BCUT2D eigenvalue weighted by Gasteiger charge is -2.24. The lowest BCUT2D eigenvalue weighted by atomic mass is 9.80. The Balaban J connectivity index is 0.000000921. The highest BCUT2D eigenvalue weighted by atomic mass is 14.2. The Kier molecular flexibility index (Phi) is 9.19. The molecule has 0 spiro atoms. The lowest BCUT2D eigenvalue weighted by Crippen LogP contribution is -2.13. The zero-order valence-corrected chi connectivity index (χ0v) is 19.4. The summed E-state index contributed by atoms with van der Waals surface area (Å²) in [5.41, 5.74) is 9.38. The first-order valence-corrected chi connectivity index (χ1v) is 10.6. The summed E-state index contributed by atoms with van der Waals surface area (Å²) < 4.78 is 0. The van der Waals surface area contributed by atoms with Gasteiger partial charge in [0.1, 0.15) is 0 Å². The van der Waals surface area contributed by atoms with Crippen LogP contribution in [0.15, 0.2) is 66.7 Å². The molecule has 0 aliphatic rings. The molecule has 3 rings (SSSR count). The van der Waals surface area contributed by atoms with Crippen molar-refractivity contribution in [2.24, 2.45) is 0 Å². The van der Waals surface area contributed by atoms with Crippen LogP contribution in [0, 0.1) is 13.8 Å². The van der Waals surface area contributed by atoms with E-state index in [2.05, 4.69) is 101 Å². The van der Waals surface area contributed by atoms with Crippen molar-refractivity contribution in [3.05, 3.63) is 83.4 Å². The van der Waals surface area contributed by atoms with E-state index in [1.807, 2.05) is 27.7 Å². The molecular formula is C28H38. The van der Waals surface area contributed by atoms with Crippen molar-refractivity contribution in [2.75, 3.05) is 0 Å². The first-order chi connectivity index (χ1) is 13.4. The van der Waals surface area contributed by atoms with Crippen molar-refractivity contribution in [1.82, 2.24) is 0 Å². The van der Waals surface area contributed by atoms with Crippen molar-refractivity contribution in [1.29, 1.82) is 0 Å². The third kappa shape index (κ3) is 5.83. The summed E-state index contributed by atoms with van der Waals surface area (Å²) >= 11 is 0. The first kappa shape index (κ1) is 23.7. The van der Waals surface area contributed by atoms with Crippen molar-refractivity contribution < 1.29 is 0 Å². The molecule has 0 aliphatic carbocycles. The van der Waals surface area contributed by atoms with Crippen LogP contribution in [-0.2, 0) is 5.41 Å². The fraction of sp³-hybridized carbons (Fsp3) is 0.357. The number of rotatable bonds is 2. The van der Waals surface area contributed by atoms with Crippen LogP contribution in [0.25, 0.3) is 22.3 Å². The summed E-state index contributed by atoms with van der Waals surface area (Å²) in [7, 11) is 0. The van der Waals surface area contributed by atoms with Crippen LogP contribution in [0.1, 0.15) is 65.2 Å². The Bertz CT molecular complexity index is 849. The van der Waals surface area contributed by atoms with Gasteiger partial charge in [0.25, 0.3) is 0 Å². The quantitative estimate of drug-likeness (QED) is 0.420. The predicted molar refractivity (Wildman–Crippen MR) is 128 cm³/mol. The van der Waals surface area contributed by atoms with Crippen LogP contribution in [0.2, 0.25) is 0 Å². The van der Waals surface area contributed by atoms with Gasteiger partial charge in [0.15, 0.2) is 0 Å². The van der Waals surface area contributed by atoms with Crippen molar-refractivity contribution in [3.8, 4) is 22.3 Å². The van der Waals surface area contributed by atoms with Gasteiger partial charge in [-0.25, -0.2) is 0 Å². The Hall–Kier alpha value is -2.34. The van der Waals surface area contributed by atoms with E-state index in [1.54, 1.807) is 0 Å². The molecule has 0 unspecified atom stereocenters. The molecule has 0 nitrogen and oxygen atoms in total. The van der Waals surface area contributed by atoms with Crippen molar-refractivity contribution >= 4 is 0 Å². The summed E-state index contributed by atoms with van der Waals surface area (Å²) in [6.45, 7) is 19.2. The highest BCUT2D eigenvalue weighted by Crippen LogP contribution is 2.36. The largest absolute Gasteiger partial charge is 0.0683 e. The normalized spacial score (nSPS) is 10.3. The fourth-order valence-electron chi connectivity index (χ4n) is 3.13. The number of hydrogen-bond donors (Lipinski definition) is 0. The van der Waals surface area contributed by atoms with Crippen molar-refractivity contribution in [3.63, 3.8) is 0 Å². The highest BCUT2D eigenvalue weighted by molar-refractivity contribution is 5.75. The van der Waals surface area contributed by atoms with E-state index in [-0.39, 0.29) is 5.41 Å². The van der Waals surface area contributed by atoms with Gasteiger partial charge in [0.2, 0.25) is 0 Å². The van der Waals surface area contributed by atoms with Crippen LogP contribution in [0.5, 0.6) is 0 Å². The van der Waals surface area contributed by atoms with Gasteiger partial charge >= 0.3 is 0 Å². The molecule has 0 amide bonds. The smallest absolute Gasteiger partial charge is 0.0125 e. The fourth-order valence-corrected chi connectivity index (χ4v) is 3.13. The van der Waals surface area contributed by atoms with Crippen LogP contribution >= 0.6 is 0 Å². The third-order valence-corrected chi connectivity index (χ3v) is 4.75. The molecule has 0 bridgehead atoms. The van der Waals surface area contributed by atoms with Gasteiger partial charge in [-0.3, -0.25) is 0 Å². The zero-order chi connectivity index (χ0) is 21.3. The van der Waals surface area contributed by atoms with E-state index in [9.17, 15) is 0 Å². The topological polar surface area (TPSA) is 0 Å². The van der Waals surface area contributed by atoms with Gasteiger partial charge in [0, 0.05) is 0 Å². The molecule has 3 aromatic carbocycles. The standard InChI is InChI=1S/C24H26.2C2H6/c1-17-11-12-20(15-18(17)2)21-13-14-22(19-9-7-6-8-10-19)23(16-21)24(3,4)5;2*1-2/h6-16H,1-5H3;2*1-2H3. The Morgan fingerprint density at radius 1 is 0.536 bits per heavy atom. The van der Waals surface area contributed by atoms with Gasteiger partial charge in [-0.1, -0.05) is 115 Å². The van der Waals surface area contributed by atoms with E-state index in [1.165, 1.54) is 38.9 Å². The summed E-state index contributed by atoms with van der Waals surface area (Å²) in [5, 5.41) is 0. The second-order valence-corrected chi connectivity index (χ2v) is 7.68. The van der Waals surface area contributed by atoms with Crippen LogP contribution in [-0.4, -0.2) is 0 Å². The van der Waals surface area contributed by atoms with Gasteiger partial charge < -0.3 is 0 Å². The number of benzene rings is 3. The molecule has 150 valence electrons.